The van der Waals surface area contributed by atoms with E-state index in [-0.39, 0.29) is 5.41 Å². The van der Waals surface area contributed by atoms with Crippen molar-refractivity contribution in [2.75, 3.05) is 13.1 Å². The van der Waals surface area contributed by atoms with Gasteiger partial charge in [-0.3, -0.25) is 0 Å². The Morgan fingerprint density at radius 1 is 1.53 bits per heavy atom. The lowest BCUT2D eigenvalue weighted by Crippen LogP contribution is -2.33. The summed E-state index contributed by atoms with van der Waals surface area (Å²) in [5.74, 6) is 0. The second kappa shape index (κ2) is 6.88. The minimum absolute atomic E-state index is 0.199. The highest BCUT2D eigenvalue weighted by molar-refractivity contribution is 9.10. The fourth-order valence-electron chi connectivity index (χ4n) is 1.70. The largest absolute Gasteiger partial charge is 0.328 e. The number of halogens is 1. The molecule has 1 heterocycles. The van der Waals surface area contributed by atoms with Crippen LogP contribution in [-0.2, 0) is 5.41 Å². The van der Waals surface area contributed by atoms with E-state index < -0.39 is 0 Å². The van der Waals surface area contributed by atoms with Crippen molar-refractivity contribution in [2.45, 2.75) is 45.1 Å². The summed E-state index contributed by atoms with van der Waals surface area (Å²) in [5, 5.41) is 5.67. The Morgan fingerprint density at radius 3 is 2.76 bits per heavy atom. The van der Waals surface area contributed by atoms with Crippen molar-refractivity contribution in [3.8, 4) is 0 Å². The van der Waals surface area contributed by atoms with Gasteiger partial charge in [0, 0.05) is 32.7 Å². The highest BCUT2D eigenvalue weighted by Gasteiger charge is 2.21. The van der Waals surface area contributed by atoms with E-state index in [1.807, 2.05) is 11.3 Å². The van der Waals surface area contributed by atoms with E-state index in [4.69, 9.17) is 5.73 Å². The minimum atomic E-state index is 0.199. The van der Waals surface area contributed by atoms with E-state index in [0.717, 1.165) is 25.9 Å². The van der Waals surface area contributed by atoms with Crippen molar-refractivity contribution in [3.05, 3.63) is 20.8 Å². The molecular weight excluding hydrogens is 296 g/mol. The molecule has 98 valence electrons. The van der Waals surface area contributed by atoms with Gasteiger partial charge in [-0.2, -0.15) is 0 Å². The molecule has 17 heavy (non-hydrogen) atoms. The Morgan fingerprint density at radius 2 is 2.24 bits per heavy atom. The van der Waals surface area contributed by atoms with Gasteiger partial charge in [-0.1, -0.05) is 13.8 Å². The van der Waals surface area contributed by atoms with Crippen LogP contribution in [0.15, 0.2) is 15.9 Å². The summed E-state index contributed by atoms with van der Waals surface area (Å²) in [6.07, 6.45) is 2.25. The van der Waals surface area contributed by atoms with Crippen molar-refractivity contribution >= 4 is 27.3 Å². The van der Waals surface area contributed by atoms with Crippen molar-refractivity contribution < 1.29 is 0 Å². The number of hydrogen-bond donors (Lipinski definition) is 2. The van der Waals surface area contributed by atoms with Gasteiger partial charge in [0.1, 0.15) is 0 Å². The standard InChI is InChI=1S/C13H23BrN2S/c1-10(15)5-4-6-16-9-13(2,3)12-7-11(14)8-17-12/h7-8,10,16H,4-6,9,15H2,1-3H3. The van der Waals surface area contributed by atoms with Gasteiger partial charge in [0.05, 0.1) is 0 Å². The molecule has 0 saturated carbocycles. The van der Waals surface area contributed by atoms with E-state index in [9.17, 15) is 0 Å². The Kier molecular flexibility index (Phi) is 6.13. The van der Waals surface area contributed by atoms with Crippen molar-refractivity contribution in [1.29, 1.82) is 0 Å². The fraction of sp³-hybridized carbons (Fsp3) is 0.692. The lowest BCUT2D eigenvalue weighted by Gasteiger charge is -2.23. The first-order valence-corrected chi connectivity index (χ1v) is 7.80. The third-order valence-electron chi connectivity index (χ3n) is 2.81. The molecule has 0 amide bonds. The number of rotatable bonds is 7. The lowest BCUT2D eigenvalue weighted by atomic mass is 9.91. The molecule has 4 heteroatoms. The van der Waals surface area contributed by atoms with Crippen molar-refractivity contribution in [2.24, 2.45) is 5.73 Å². The van der Waals surface area contributed by atoms with Gasteiger partial charge < -0.3 is 11.1 Å². The summed E-state index contributed by atoms with van der Waals surface area (Å²) in [4.78, 5) is 1.42. The maximum absolute atomic E-state index is 5.72. The van der Waals surface area contributed by atoms with Gasteiger partial charge in [0.2, 0.25) is 0 Å². The van der Waals surface area contributed by atoms with E-state index in [2.05, 4.69) is 53.5 Å². The molecule has 0 aliphatic heterocycles. The topological polar surface area (TPSA) is 38.0 Å². The second-order valence-corrected chi connectivity index (χ2v) is 7.14. The monoisotopic (exact) mass is 318 g/mol. The average Bonchev–Trinajstić information content (AvgIpc) is 2.64. The molecule has 1 aromatic heterocycles. The number of nitrogens with two attached hydrogens (primary N) is 1. The van der Waals surface area contributed by atoms with Gasteiger partial charge >= 0.3 is 0 Å². The van der Waals surface area contributed by atoms with Crippen LogP contribution in [0, 0.1) is 0 Å². The number of nitrogens with one attached hydrogen (secondary N) is 1. The molecule has 3 N–H and O–H groups in total. The van der Waals surface area contributed by atoms with Crippen LogP contribution < -0.4 is 11.1 Å². The molecule has 0 radical (unpaired) electrons. The first-order valence-electron chi connectivity index (χ1n) is 6.12. The molecule has 0 aliphatic rings. The van der Waals surface area contributed by atoms with E-state index in [1.54, 1.807) is 0 Å². The Balaban J connectivity index is 2.30. The fourth-order valence-corrected chi connectivity index (χ4v) is 3.26. The van der Waals surface area contributed by atoms with Crippen LogP contribution in [0.25, 0.3) is 0 Å². The van der Waals surface area contributed by atoms with Crippen LogP contribution in [0.4, 0.5) is 0 Å². The van der Waals surface area contributed by atoms with Gasteiger partial charge in [-0.05, 0) is 48.3 Å². The van der Waals surface area contributed by atoms with Crippen LogP contribution >= 0.6 is 27.3 Å². The molecule has 0 aromatic carbocycles. The number of hydrogen-bond acceptors (Lipinski definition) is 3. The molecule has 1 atom stereocenters. The van der Waals surface area contributed by atoms with E-state index in [1.165, 1.54) is 9.35 Å². The van der Waals surface area contributed by atoms with Gasteiger partial charge in [0.25, 0.3) is 0 Å². The molecule has 1 aromatic rings. The molecule has 0 bridgehead atoms. The van der Waals surface area contributed by atoms with E-state index in [0.29, 0.717) is 6.04 Å². The summed E-state index contributed by atoms with van der Waals surface area (Å²) >= 11 is 5.33. The molecule has 0 aliphatic carbocycles. The Hall–Kier alpha value is 0.1000. The summed E-state index contributed by atoms with van der Waals surface area (Å²) in [6, 6.07) is 2.53. The number of thiophene rings is 1. The maximum Gasteiger partial charge on any atom is 0.0285 e. The zero-order chi connectivity index (χ0) is 12.9. The zero-order valence-corrected chi connectivity index (χ0v) is 13.3. The van der Waals surface area contributed by atoms with E-state index >= 15 is 0 Å². The van der Waals surface area contributed by atoms with Crippen molar-refractivity contribution in [1.82, 2.24) is 5.32 Å². The normalized spacial score (nSPS) is 13.9. The van der Waals surface area contributed by atoms with Crippen LogP contribution in [0.2, 0.25) is 0 Å². The average molecular weight is 319 g/mol. The Labute approximate surface area is 117 Å². The SMILES string of the molecule is CC(N)CCCNCC(C)(C)c1cc(Br)cs1. The van der Waals surface area contributed by atoms with Crippen LogP contribution in [-0.4, -0.2) is 19.1 Å². The minimum Gasteiger partial charge on any atom is -0.328 e. The molecular formula is C13H23BrN2S. The Bertz CT molecular complexity index is 334. The predicted octanol–water partition coefficient (Wildman–Crippen LogP) is 3.51. The van der Waals surface area contributed by atoms with Gasteiger partial charge in [0.15, 0.2) is 0 Å². The molecule has 0 spiro atoms. The van der Waals surface area contributed by atoms with Crippen LogP contribution in [0.1, 0.15) is 38.5 Å². The van der Waals surface area contributed by atoms with Crippen LogP contribution in [0.3, 0.4) is 0 Å². The second-order valence-electron chi connectivity index (χ2n) is 5.31. The summed E-state index contributed by atoms with van der Waals surface area (Å²) in [7, 11) is 0. The van der Waals surface area contributed by atoms with Gasteiger partial charge in [-0.15, -0.1) is 11.3 Å². The highest BCUT2D eigenvalue weighted by Crippen LogP contribution is 2.30. The van der Waals surface area contributed by atoms with Crippen molar-refractivity contribution in [3.63, 3.8) is 0 Å². The maximum atomic E-state index is 5.72. The quantitative estimate of drug-likeness (QED) is 0.755. The molecule has 0 saturated heterocycles. The third-order valence-corrected chi connectivity index (χ3v) is 4.87. The summed E-state index contributed by atoms with van der Waals surface area (Å²) in [5.41, 5.74) is 5.92. The predicted molar refractivity (Wildman–Crippen MR) is 80.8 cm³/mol. The third kappa shape index (κ3) is 5.51. The molecule has 0 fully saturated rings. The lowest BCUT2D eigenvalue weighted by molar-refractivity contribution is 0.465. The van der Waals surface area contributed by atoms with Crippen LogP contribution in [0.5, 0.6) is 0 Å². The highest BCUT2D eigenvalue weighted by atomic mass is 79.9. The summed E-state index contributed by atoms with van der Waals surface area (Å²) in [6.45, 7) is 8.69. The van der Waals surface area contributed by atoms with Gasteiger partial charge in [-0.25, -0.2) is 0 Å². The first kappa shape index (κ1) is 15.2. The summed E-state index contributed by atoms with van der Waals surface area (Å²) < 4.78 is 1.18. The molecule has 1 unspecified atom stereocenters. The zero-order valence-electron chi connectivity index (χ0n) is 10.9. The first-order chi connectivity index (χ1) is 7.92. The molecule has 1 rings (SSSR count). The molecule has 2 nitrogen and oxygen atoms in total. The smallest absolute Gasteiger partial charge is 0.0285 e.